The number of ether oxygens (including phenoxy) is 2. The van der Waals surface area contributed by atoms with Gasteiger partial charge in [0.15, 0.2) is 0 Å². The number of likely N-dealkylation sites (N-methyl/N-ethyl adjacent to an activating group) is 2. The number of nitrogens with one attached hydrogen (secondary N) is 2. The molecule has 0 radical (unpaired) electrons. The molecule has 8 nitrogen and oxygen atoms in total. The minimum atomic E-state index is 0.460. The molecule has 0 fully saturated rings. The van der Waals surface area contributed by atoms with E-state index in [4.69, 9.17) is 20.2 Å². The third-order valence-corrected chi connectivity index (χ3v) is 6.16. The van der Waals surface area contributed by atoms with Crippen LogP contribution in [-0.4, -0.2) is 50.9 Å². The number of aromatic nitrogens is 2. The van der Waals surface area contributed by atoms with Gasteiger partial charge in [0, 0.05) is 43.5 Å². The van der Waals surface area contributed by atoms with Crippen LogP contribution in [0.1, 0.15) is 44.0 Å². The molecule has 4 N–H and O–H groups in total. The molecule has 0 aliphatic heterocycles. The van der Waals surface area contributed by atoms with Crippen molar-refractivity contribution in [3.8, 4) is 11.5 Å². The Morgan fingerprint density at radius 2 is 1.97 bits per heavy atom. The summed E-state index contributed by atoms with van der Waals surface area (Å²) >= 11 is 0. The molecule has 8 heteroatoms. The predicted molar refractivity (Wildman–Crippen MR) is 154 cm³/mol. The molecule has 0 saturated carbocycles. The minimum Gasteiger partial charge on any atom is -0.494 e. The minimum absolute atomic E-state index is 0.460. The van der Waals surface area contributed by atoms with Crippen LogP contribution in [0.25, 0.3) is 5.57 Å². The Hall–Kier alpha value is -3.78. The molecule has 1 aromatic heterocycles. The van der Waals surface area contributed by atoms with Crippen molar-refractivity contribution < 1.29 is 9.47 Å². The lowest BCUT2D eigenvalue weighted by atomic mass is 9.94. The molecular weight excluding hydrogens is 464 g/mol. The van der Waals surface area contributed by atoms with Crippen molar-refractivity contribution in [1.29, 1.82) is 0 Å². The Kier molecular flexibility index (Phi) is 10.1. The van der Waals surface area contributed by atoms with Crippen molar-refractivity contribution in [1.82, 2.24) is 15.3 Å². The van der Waals surface area contributed by atoms with E-state index in [-0.39, 0.29) is 0 Å². The fourth-order valence-electron chi connectivity index (χ4n) is 4.24. The van der Waals surface area contributed by atoms with Gasteiger partial charge in [0.25, 0.3) is 0 Å². The van der Waals surface area contributed by atoms with Crippen LogP contribution in [0.15, 0.2) is 48.7 Å². The average Bonchev–Trinajstić information content (AvgIpc) is 2.91. The number of allylic oxidation sites excluding steroid dienone is 1. The van der Waals surface area contributed by atoms with Crippen LogP contribution in [0.4, 0.5) is 23.0 Å². The molecule has 3 aromatic rings. The van der Waals surface area contributed by atoms with Crippen molar-refractivity contribution in [3.05, 3.63) is 65.5 Å². The number of benzene rings is 2. The summed E-state index contributed by atoms with van der Waals surface area (Å²) in [7, 11) is 5.58. The van der Waals surface area contributed by atoms with Gasteiger partial charge in [-0.1, -0.05) is 32.1 Å². The molecule has 0 aliphatic rings. The largest absolute Gasteiger partial charge is 0.494 e. The molecule has 2 aromatic carbocycles. The summed E-state index contributed by atoms with van der Waals surface area (Å²) in [5.74, 6) is 2.05. The van der Waals surface area contributed by atoms with Gasteiger partial charge in [-0.05, 0) is 50.6 Å². The molecule has 0 aliphatic carbocycles. The van der Waals surface area contributed by atoms with Crippen molar-refractivity contribution in [2.75, 3.05) is 56.9 Å². The second-order valence-corrected chi connectivity index (χ2v) is 8.71. The number of methoxy groups -OCH3 is 1. The number of anilines is 4. The molecule has 0 amide bonds. The highest BCUT2D eigenvalue weighted by Gasteiger charge is 2.16. The van der Waals surface area contributed by atoms with Gasteiger partial charge in [-0.25, -0.2) is 9.97 Å². The molecule has 37 heavy (non-hydrogen) atoms. The Labute approximate surface area is 220 Å². The summed E-state index contributed by atoms with van der Waals surface area (Å²) < 4.78 is 11.7. The predicted octanol–water partition coefficient (Wildman–Crippen LogP) is 5.27. The zero-order chi connectivity index (χ0) is 26.8. The van der Waals surface area contributed by atoms with Crippen molar-refractivity contribution >= 4 is 28.6 Å². The first-order valence-electron chi connectivity index (χ1n) is 12.8. The summed E-state index contributed by atoms with van der Waals surface area (Å²) in [6.45, 7) is 8.64. The Morgan fingerprint density at radius 3 is 2.65 bits per heavy atom. The quantitative estimate of drug-likeness (QED) is 0.271. The van der Waals surface area contributed by atoms with Crippen molar-refractivity contribution in [2.45, 2.75) is 33.6 Å². The Morgan fingerprint density at radius 1 is 1.16 bits per heavy atom. The molecule has 198 valence electrons. The van der Waals surface area contributed by atoms with Crippen LogP contribution < -0.4 is 30.7 Å². The second kappa shape index (κ2) is 13.5. The van der Waals surface area contributed by atoms with Crippen LogP contribution in [0.3, 0.4) is 0 Å². The van der Waals surface area contributed by atoms with Crippen molar-refractivity contribution in [2.24, 2.45) is 0 Å². The lowest BCUT2D eigenvalue weighted by Gasteiger charge is -2.23. The van der Waals surface area contributed by atoms with Gasteiger partial charge < -0.3 is 30.7 Å². The second-order valence-electron chi connectivity index (χ2n) is 8.71. The molecular formula is C29H40N6O2. The summed E-state index contributed by atoms with van der Waals surface area (Å²) in [5, 5.41) is 6.46. The number of hydrogen-bond acceptors (Lipinski definition) is 8. The lowest BCUT2D eigenvalue weighted by Crippen LogP contribution is -2.27. The fourth-order valence-corrected chi connectivity index (χ4v) is 4.24. The summed E-state index contributed by atoms with van der Waals surface area (Å²) in [6.07, 6.45) is 5.66. The standard InChI is InChI=1S/C29H40N6O2/c1-7-17-37-27-12-10-11-22(21(27)9-3)20(8-2)24-13-14-32-29(33-24)34-25-18-23(30)26(19-28(25)36-6)35(5)16-15-31-4/h8,10-14,18-19,31H,7,9,15-17,30H2,1-6H3,(H,32,33,34)/b20-8+. The highest BCUT2D eigenvalue weighted by molar-refractivity contribution is 5.82. The van der Waals surface area contributed by atoms with E-state index in [1.54, 1.807) is 13.3 Å². The van der Waals surface area contributed by atoms with Gasteiger partial charge in [-0.2, -0.15) is 0 Å². The first kappa shape index (κ1) is 27.8. The third kappa shape index (κ3) is 6.71. The van der Waals surface area contributed by atoms with Crippen LogP contribution in [-0.2, 0) is 6.42 Å². The monoisotopic (exact) mass is 504 g/mol. The number of nitrogens with zero attached hydrogens (tertiary/aromatic N) is 3. The van der Waals surface area contributed by atoms with Crippen molar-refractivity contribution in [3.63, 3.8) is 0 Å². The zero-order valence-corrected chi connectivity index (χ0v) is 22.9. The number of nitrogen functional groups attached to an aromatic ring is 1. The van der Waals surface area contributed by atoms with Crippen LogP contribution in [0.2, 0.25) is 0 Å². The fraction of sp³-hybridized carbons (Fsp3) is 0.379. The van der Waals surface area contributed by atoms with Gasteiger partial charge in [0.1, 0.15) is 11.5 Å². The SMILES string of the molecule is C/C=C(/c1ccnc(Nc2cc(N)c(N(C)CCNC)cc2OC)n1)c1cccc(OCCC)c1CC. The van der Waals surface area contributed by atoms with Gasteiger partial charge in [-0.15, -0.1) is 0 Å². The first-order chi connectivity index (χ1) is 18.0. The summed E-state index contributed by atoms with van der Waals surface area (Å²) in [4.78, 5) is 11.4. The smallest absolute Gasteiger partial charge is 0.227 e. The van der Waals surface area contributed by atoms with E-state index in [1.165, 1.54) is 5.56 Å². The van der Waals surface area contributed by atoms with Gasteiger partial charge in [-0.3, -0.25) is 0 Å². The molecule has 0 saturated heterocycles. The van der Waals surface area contributed by atoms with Gasteiger partial charge in [0.05, 0.1) is 36.5 Å². The van der Waals surface area contributed by atoms with Gasteiger partial charge >= 0.3 is 0 Å². The van der Waals surface area contributed by atoms with E-state index < -0.39 is 0 Å². The maximum atomic E-state index is 6.41. The molecule has 1 heterocycles. The molecule has 0 atom stereocenters. The van der Waals surface area contributed by atoms with E-state index in [0.29, 0.717) is 29.7 Å². The van der Waals surface area contributed by atoms with E-state index in [0.717, 1.165) is 54.2 Å². The highest BCUT2D eigenvalue weighted by atomic mass is 16.5. The van der Waals surface area contributed by atoms with Crippen LogP contribution in [0.5, 0.6) is 11.5 Å². The highest BCUT2D eigenvalue weighted by Crippen LogP contribution is 2.37. The number of rotatable bonds is 13. The normalized spacial score (nSPS) is 11.4. The first-order valence-corrected chi connectivity index (χ1v) is 12.8. The Balaban J connectivity index is 1.93. The zero-order valence-electron chi connectivity index (χ0n) is 22.9. The maximum absolute atomic E-state index is 6.41. The van der Waals surface area contributed by atoms with E-state index >= 15 is 0 Å². The topological polar surface area (TPSA) is 97.6 Å². The lowest BCUT2D eigenvalue weighted by molar-refractivity contribution is 0.314. The number of hydrogen-bond donors (Lipinski definition) is 3. The molecule has 0 bridgehead atoms. The molecule has 0 spiro atoms. The van der Waals surface area contributed by atoms with Gasteiger partial charge in [0.2, 0.25) is 5.95 Å². The third-order valence-electron chi connectivity index (χ3n) is 6.16. The van der Waals surface area contributed by atoms with E-state index in [9.17, 15) is 0 Å². The number of nitrogens with two attached hydrogens (primary N) is 1. The van der Waals surface area contributed by atoms with Crippen LogP contribution >= 0.6 is 0 Å². The summed E-state index contributed by atoms with van der Waals surface area (Å²) in [5.41, 5.74) is 12.8. The Bertz CT molecular complexity index is 1210. The summed E-state index contributed by atoms with van der Waals surface area (Å²) in [6, 6.07) is 11.9. The average molecular weight is 505 g/mol. The molecule has 0 unspecified atom stereocenters. The molecule has 3 rings (SSSR count). The maximum Gasteiger partial charge on any atom is 0.227 e. The van der Waals surface area contributed by atoms with E-state index in [1.807, 2.05) is 51.4 Å². The van der Waals surface area contributed by atoms with E-state index in [2.05, 4.69) is 46.5 Å². The van der Waals surface area contributed by atoms with Crippen LogP contribution in [0, 0.1) is 0 Å².